The molecule has 0 radical (unpaired) electrons. The number of thioether (sulfide) groups is 1. The second-order valence-corrected chi connectivity index (χ2v) is 7.23. The minimum atomic E-state index is -0.433. The third kappa shape index (κ3) is 3.80. The molecule has 7 heteroatoms. The number of anilines is 1. The van der Waals surface area contributed by atoms with Gasteiger partial charge in [0.2, 0.25) is 5.13 Å². The van der Waals surface area contributed by atoms with E-state index in [4.69, 9.17) is 0 Å². The Hall–Kier alpha value is -2.12. The van der Waals surface area contributed by atoms with Gasteiger partial charge in [0, 0.05) is 12.4 Å². The number of aromatic nitrogens is 3. The van der Waals surface area contributed by atoms with Crippen molar-refractivity contribution in [1.82, 2.24) is 14.8 Å². The zero-order valence-corrected chi connectivity index (χ0v) is 14.2. The van der Waals surface area contributed by atoms with E-state index in [2.05, 4.69) is 22.4 Å². The molecule has 2 heterocycles. The van der Waals surface area contributed by atoms with Crippen LogP contribution in [-0.2, 0) is 4.79 Å². The number of benzene rings is 1. The molecule has 0 aliphatic carbocycles. The maximum Gasteiger partial charge on any atom is 0.253 e. The van der Waals surface area contributed by atoms with Gasteiger partial charge in [-0.05, 0) is 23.4 Å². The zero-order valence-electron chi connectivity index (χ0n) is 12.5. The molecule has 0 spiro atoms. The Labute approximate surface area is 142 Å². The number of carbonyl (C=O) groups is 1. The molecule has 1 atom stereocenters. The highest BCUT2D eigenvalue weighted by molar-refractivity contribution is 8.01. The van der Waals surface area contributed by atoms with Gasteiger partial charge < -0.3 is 4.57 Å². The standard InChI is InChI=1S/C16H16N4OS2/c1-2-22-16-19-18-15(23-16)17-14(21)13(20-10-6-7-11-20)12-8-4-3-5-9-12/h3-11,13H,2H2,1H3,(H,17,18,21)/t13-/m1/s1. The van der Waals surface area contributed by atoms with Gasteiger partial charge in [-0.25, -0.2) is 0 Å². The van der Waals surface area contributed by atoms with E-state index in [0.29, 0.717) is 5.13 Å². The topological polar surface area (TPSA) is 59.8 Å². The summed E-state index contributed by atoms with van der Waals surface area (Å²) in [7, 11) is 0. The second kappa shape index (κ2) is 7.43. The van der Waals surface area contributed by atoms with Crippen molar-refractivity contribution in [3.63, 3.8) is 0 Å². The van der Waals surface area contributed by atoms with E-state index in [0.717, 1.165) is 15.7 Å². The molecule has 3 rings (SSSR count). The molecular formula is C16H16N4OS2. The van der Waals surface area contributed by atoms with E-state index in [1.807, 2.05) is 59.4 Å². The first-order valence-corrected chi connectivity index (χ1v) is 9.02. The average Bonchev–Trinajstić information content (AvgIpc) is 3.22. The van der Waals surface area contributed by atoms with Gasteiger partial charge in [0.15, 0.2) is 4.34 Å². The predicted octanol–water partition coefficient (Wildman–Crippen LogP) is 3.68. The number of rotatable bonds is 6. The van der Waals surface area contributed by atoms with E-state index >= 15 is 0 Å². The van der Waals surface area contributed by atoms with Gasteiger partial charge in [0.05, 0.1) is 0 Å². The van der Waals surface area contributed by atoms with Crippen molar-refractivity contribution >= 4 is 34.1 Å². The van der Waals surface area contributed by atoms with Gasteiger partial charge in [-0.2, -0.15) is 0 Å². The summed E-state index contributed by atoms with van der Waals surface area (Å²) in [6.07, 6.45) is 3.77. The number of amides is 1. The molecular weight excluding hydrogens is 328 g/mol. The number of carbonyl (C=O) groups excluding carboxylic acids is 1. The molecule has 1 amide bonds. The molecule has 0 fully saturated rings. The summed E-state index contributed by atoms with van der Waals surface area (Å²) < 4.78 is 2.74. The predicted molar refractivity (Wildman–Crippen MR) is 93.9 cm³/mol. The average molecular weight is 344 g/mol. The lowest BCUT2D eigenvalue weighted by Gasteiger charge is -2.18. The highest BCUT2D eigenvalue weighted by atomic mass is 32.2. The van der Waals surface area contributed by atoms with Crippen molar-refractivity contribution in [3.05, 3.63) is 60.4 Å². The van der Waals surface area contributed by atoms with Gasteiger partial charge >= 0.3 is 0 Å². The van der Waals surface area contributed by atoms with Gasteiger partial charge in [0.25, 0.3) is 5.91 Å². The van der Waals surface area contributed by atoms with Crippen LogP contribution >= 0.6 is 23.1 Å². The second-order valence-electron chi connectivity index (χ2n) is 4.74. The van der Waals surface area contributed by atoms with Crippen molar-refractivity contribution in [2.45, 2.75) is 17.3 Å². The molecule has 1 aromatic carbocycles. The Morgan fingerprint density at radius 3 is 2.65 bits per heavy atom. The van der Waals surface area contributed by atoms with Crippen LogP contribution in [0.5, 0.6) is 0 Å². The molecule has 5 nitrogen and oxygen atoms in total. The number of hydrogen-bond donors (Lipinski definition) is 1. The minimum absolute atomic E-state index is 0.128. The lowest BCUT2D eigenvalue weighted by atomic mass is 10.1. The van der Waals surface area contributed by atoms with Crippen LogP contribution in [0.15, 0.2) is 59.2 Å². The van der Waals surface area contributed by atoms with Crippen LogP contribution in [0.3, 0.4) is 0 Å². The van der Waals surface area contributed by atoms with Gasteiger partial charge in [-0.1, -0.05) is 60.4 Å². The van der Waals surface area contributed by atoms with Crippen molar-refractivity contribution in [2.24, 2.45) is 0 Å². The molecule has 23 heavy (non-hydrogen) atoms. The van der Waals surface area contributed by atoms with Crippen LogP contribution in [0.25, 0.3) is 0 Å². The number of nitrogens with zero attached hydrogens (tertiary/aromatic N) is 3. The fraction of sp³-hybridized carbons (Fsp3) is 0.188. The summed E-state index contributed by atoms with van der Waals surface area (Å²) in [5, 5.41) is 11.5. The summed E-state index contributed by atoms with van der Waals surface area (Å²) >= 11 is 3.01. The van der Waals surface area contributed by atoms with E-state index in [9.17, 15) is 4.79 Å². The molecule has 0 unspecified atom stereocenters. The zero-order chi connectivity index (χ0) is 16.1. The van der Waals surface area contributed by atoms with Gasteiger partial charge in [-0.3, -0.25) is 10.1 Å². The van der Waals surface area contributed by atoms with Crippen LogP contribution in [0.4, 0.5) is 5.13 Å². The summed E-state index contributed by atoms with van der Waals surface area (Å²) in [5.74, 6) is 0.801. The van der Waals surface area contributed by atoms with Crippen LogP contribution in [0.2, 0.25) is 0 Å². The largest absolute Gasteiger partial charge is 0.338 e. The van der Waals surface area contributed by atoms with Crippen LogP contribution in [0, 0.1) is 0 Å². The molecule has 0 aliphatic heterocycles. The number of hydrogen-bond acceptors (Lipinski definition) is 5. The monoisotopic (exact) mass is 344 g/mol. The lowest BCUT2D eigenvalue weighted by Crippen LogP contribution is -2.26. The molecule has 3 aromatic rings. The van der Waals surface area contributed by atoms with Crippen molar-refractivity contribution in [1.29, 1.82) is 0 Å². The minimum Gasteiger partial charge on any atom is -0.338 e. The first-order valence-electron chi connectivity index (χ1n) is 7.22. The molecule has 0 aliphatic rings. The maximum atomic E-state index is 12.8. The third-order valence-electron chi connectivity index (χ3n) is 3.19. The van der Waals surface area contributed by atoms with Crippen LogP contribution in [-0.4, -0.2) is 26.4 Å². The highest BCUT2D eigenvalue weighted by Crippen LogP contribution is 2.27. The van der Waals surface area contributed by atoms with Crippen molar-refractivity contribution in [3.8, 4) is 0 Å². The SMILES string of the molecule is CCSc1nnc(NC(=O)[C@@H](c2ccccc2)n2cccc2)s1. The van der Waals surface area contributed by atoms with E-state index in [1.54, 1.807) is 11.8 Å². The number of nitrogens with one attached hydrogen (secondary N) is 1. The first kappa shape index (κ1) is 15.8. The molecule has 0 bridgehead atoms. The lowest BCUT2D eigenvalue weighted by molar-refractivity contribution is -0.118. The van der Waals surface area contributed by atoms with Gasteiger partial charge in [-0.15, -0.1) is 10.2 Å². The van der Waals surface area contributed by atoms with Crippen molar-refractivity contribution < 1.29 is 4.79 Å². The van der Waals surface area contributed by atoms with Crippen LogP contribution in [0.1, 0.15) is 18.5 Å². The Bertz CT molecular complexity index is 756. The smallest absolute Gasteiger partial charge is 0.253 e. The molecule has 118 valence electrons. The Morgan fingerprint density at radius 2 is 1.96 bits per heavy atom. The quantitative estimate of drug-likeness (QED) is 0.547. The maximum absolute atomic E-state index is 12.8. The van der Waals surface area contributed by atoms with Crippen molar-refractivity contribution in [2.75, 3.05) is 11.1 Å². The summed E-state index contributed by atoms with van der Waals surface area (Å²) in [5.41, 5.74) is 0.925. The summed E-state index contributed by atoms with van der Waals surface area (Å²) in [4.78, 5) is 12.8. The third-order valence-corrected chi connectivity index (χ3v) is 5.05. The summed E-state index contributed by atoms with van der Waals surface area (Å²) in [6, 6.07) is 13.1. The normalized spacial score (nSPS) is 12.0. The van der Waals surface area contributed by atoms with Crippen LogP contribution < -0.4 is 5.32 Å². The Morgan fingerprint density at radius 1 is 1.22 bits per heavy atom. The Balaban J connectivity index is 1.83. The Kier molecular flexibility index (Phi) is 5.09. The van der Waals surface area contributed by atoms with Gasteiger partial charge in [0.1, 0.15) is 6.04 Å². The highest BCUT2D eigenvalue weighted by Gasteiger charge is 2.23. The molecule has 0 saturated carbocycles. The summed E-state index contributed by atoms with van der Waals surface area (Å²) in [6.45, 7) is 2.06. The fourth-order valence-electron chi connectivity index (χ4n) is 2.23. The van der Waals surface area contributed by atoms with E-state index in [-0.39, 0.29) is 5.91 Å². The molecule has 2 aromatic heterocycles. The molecule has 0 saturated heterocycles. The van der Waals surface area contributed by atoms with E-state index < -0.39 is 6.04 Å². The molecule has 1 N–H and O–H groups in total. The fourth-order valence-corrected chi connectivity index (χ4v) is 3.88. The van der Waals surface area contributed by atoms with E-state index in [1.165, 1.54) is 11.3 Å². The first-order chi connectivity index (χ1) is 11.3.